The normalized spacial score (nSPS) is 13.7. The molecule has 0 aromatic heterocycles. The number of aliphatic carboxylic acids is 1. The molecule has 0 bridgehead atoms. The fourth-order valence-electron chi connectivity index (χ4n) is 5.95. The van der Waals surface area contributed by atoms with Crippen LogP contribution in [0.3, 0.4) is 0 Å². The predicted molar refractivity (Wildman–Crippen MR) is 233 cm³/mol. The Morgan fingerprint density at radius 1 is 0.571 bits per heavy atom. The first-order valence-electron chi connectivity index (χ1n) is 22.0. The van der Waals surface area contributed by atoms with E-state index < -0.39 is 18.1 Å². The third-order valence-electron chi connectivity index (χ3n) is 9.37. The van der Waals surface area contributed by atoms with Crippen LogP contribution in [0.1, 0.15) is 162 Å². The molecule has 1 N–H and O–H groups in total. The number of carboxylic acid groups (broad SMARTS) is 1. The monoisotopic (exact) mass is 785 g/mol. The highest BCUT2D eigenvalue weighted by atomic mass is 16.6. The van der Waals surface area contributed by atoms with Crippen LogP contribution in [0.2, 0.25) is 0 Å². The third kappa shape index (κ3) is 36.4. The van der Waals surface area contributed by atoms with Crippen LogP contribution in [0.15, 0.2) is 72.9 Å². The topological polar surface area (TPSA) is 99.1 Å². The number of ether oxygens (including phenoxy) is 3. The number of carboxylic acids is 1. The van der Waals surface area contributed by atoms with Gasteiger partial charge in [0.2, 0.25) is 0 Å². The molecule has 0 spiro atoms. The Hall–Kier alpha value is -3.23. The lowest BCUT2D eigenvalue weighted by Gasteiger charge is -2.31. The summed E-state index contributed by atoms with van der Waals surface area (Å²) in [7, 11) is 5.50. The minimum Gasteiger partial charge on any atom is -0.477 e. The molecular weight excluding hydrogens is 703 g/mol. The maximum atomic E-state index is 12.7. The molecule has 0 aliphatic carbocycles. The maximum Gasteiger partial charge on any atom is 0.362 e. The van der Waals surface area contributed by atoms with Crippen molar-refractivity contribution in [2.45, 2.75) is 174 Å². The van der Waals surface area contributed by atoms with Crippen LogP contribution in [-0.2, 0) is 28.6 Å². The predicted octanol–water partition coefficient (Wildman–Crippen LogP) is 12.0. The van der Waals surface area contributed by atoms with Crippen molar-refractivity contribution in [3.63, 3.8) is 0 Å². The molecule has 0 heterocycles. The summed E-state index contributed by atoms with van der Waals surface area (Å²) < 4.78 is 17.2. The van der Waals surface area contributed by atoms with E-state index in [0.717, 1.165) is 77.0 Å². The fraction of sp³-hybridized carbons (Fsp3) is 0.688. The summed E-state index contributed by atoms with van der Waals surface area (Å²) in [6, 6.07) is -0.628. The zero-order chi connectivity index (χ0) is 41.4. The van der Waals surface area contributed by atoms with Gasteiger partial charge in [-0.2, -0.15) is 0 Å². The first-order valence-corrected chi connectivity index (χ1v) is 22.0. The van der Waals surface area contributed by atoms with Crippen LogP contribution < -0.4 is 0 Å². The first kappa shape index (κ1) is 52.8. The highest BCUT2D eigenvalue weighted by molar-refractivity contribution is 5.72. The molecule has 0 saturated heterocycles. The van der Waals surface area contributed by atoms with Crippen LogP contribution in [-0.4, -0.2) is 80.6 Å². The summed E-state index contributed by atoms with van der Waals surface area (Å²) in [5.74, 6) is -1.55. The zero-order valence-corrected chi connectivity index (χ0v) is 36.3. The van der Waals surface area contributed by atoms with Gasteiger partial charge in [0.25, 0.3) is 0 Å². The summed E-state index contributed by atoms with van der Waals surface area (Å²) in [5.41, 5.74) is 0. The highest BCUT2D eigenvalue weighted by Crippen LogP contribution is 2.12. The van der Waals surface area contributed by atoms with Gasteiger partial charge in [-0.3, -0.25) is 9.59 Å². The number of unbranched alkanes of at least 4 members (excludes halogenated alkanes) is 13. The van der Waals surface area contributed by atoms with Gasteiger partial charge in [0.1, 0.15) is 6.61 Å². The Morgan fingerprint density at radius 3 is 1.59 bits per heavy atom. The minimum atomic E-state index is -0.887. The van der Waals surface area contributed by atoms with Crippen molar-refractivity contribution < 1.29 is 38.2 Å². The van der Waals surface area contributed by atoms with E-state index >= 15 is 0 Å². The number of quaternary nitrogens is 1. The van der Waals surface area contributed by atoms with Crippen LogP contribution >= 0.6 is 0 Å². The molecule has 0 aromatic rings. The third-order valence-corrected chi connectivity index (χ3v) is 9.37. The Labute approximate surface area is 342 Å². The molecular formula is C48H82NO7+. The van der Waals surface area contributed by atoms with Crippen molar-refractivity contribution in [2.24, 2.45) is 0 Å². The molecule has 2 unspecified atom stereocenters. The standard InChI is InChI=1S/C48H81NO7/c1-6-8-10-12-14-16-18-20-22-24-26-28-30-32-34-36-38-46(50)55-43-44(42-54-41-40-45(48(52)53)49(3,4)5)56-47(51)39-37-35-33-31-29-27-25-23-21-19-17-15-13-11-9-7-2/h9,11,15,17,21-24,26-29,44-45H,6-8,10,12-14,16,18-20,25,30-43H2,1-5H3/p+1/b11-9+,17-15+,23-21+,24-22+,28-26+,29-27+. The Morgan fingerprint density at radius 2 is 1.05 bits per heavy atom. The number of hydrogen-bond donors (Lipinski definition) is 1. The molecule has 0 aromatic carbocycles. The molecule has 8 nitrogen and oxygen atoms in total. The lowest BCUT2D eigenvalue weighted by Crippen LogP contribution is -2.50. The largest absolute Gasteiger partial charge is 0.477 e. The van der Waals surface area contributed by atoms with Crippen LogP contribution in [0.25, 0.3) is 0 Å². The van der Waals surface area contributed by atoms with E-state index in [9.17, 15) is 19.5 Å². The zero-order valence-electron chi connectivity index (χ0n) is 36.3. The van der Waals surface area contributed by atoms with Crippen molar-refractivity contribution in [2.75, 3.05) is 41.0 Å². The van der Waals surface area contributed by atoms with E-state index in [1.807, 2.05) is 21.1 Å². The van der Waals surface area contributed by atoms with Gasteiger partial charge < -0.3 is 23.8 Å². The number of esters is 2. The van der Waals surface area contributed by atoms with Crippen molar-refractivity contribution >= 4 is 17.9 Å². The van der Waals surface area contributed by atoms with Gasteiger partial charge in [0, 0.05) is 19.3 Å². The number of rotatable bonds is 38. The fourth-order valence-corrected chi connectivity index (χ4v) is 5.95. The lowest BCUT2D eigenvalue weighted by molar-refractivity contribution is -0.887. The molecule has 0 aliphatic heterocycles. The SMILES string of the molecule is CC/C=C/C/C=C/C/C=C/C/C=C/CCCCCC(=O)OC(COCCC(C(=O)O)[N+](C)(C)C)COC(=O)CCCCC/C=C/C=C/CCCCCCCCC. The highest BCUT2D eigenvalue weighted by Gasteiger charge is 2.31. The molecule has 8 heteroatoms. The quantitative estimate of drug-likeness (QED) is 0.0219. The van der Waals surface area contributed by atoms with Gasteiger partial charge in [-0.15, -0.1) is 0 Å². The number of hydrogen-bond acceptors (Lipinski definition) is 6. The van der Waals surface area contributed by atoms with E-state index in [0.29, 0.717) is 19.3 Å². The average molecular weight is 785 g/mol. The van der Waals surface area contributed by atoms with Crippen molar-refractivity contribution in [3.8, 4) is 0 Å². The second kappa shape index (κ2) is 38.6. The summed E-state index contributed by atoms with van der Waals surface area (Å²) in [6.45, 7) is 4.54. The van der Waals surface area contributed by atoms with Crippen LogP contribution in [0.5, 0.6) is 0 Å². The van der Waals surface area contributed by atoms with Gasteiger partial charge in [-0.1, -0.05) is 138 Å². The number of carbonyl (C=O) groups excluding carboxylic acids is 2. The van der Waals surface area contributed by atoms with Crippen LogP contribution in [0, 0.1) is 0 Å². The summed E-state index contributed by atoms with van der Waals surface area (Å²) in [6.07, 6.45) is 48.0. The first-order chi connectivity index (χ1) is 27.1. The molecule has 0 aliphatic rings. The van der Waals surface area contributed by atoms with Gasteiger partial charge in [-0.05, 0) is 77.0 Å². The molecule has 2 atom stereocenters. The number of nitrogens with zero attached hydrogens (tertiary/aromatic N) is 1. The Kier molecular flexibility index (Phi) is 36.4. The lowest BCUT2D eigenvalue weighted by atomic mass is 10.1. The minimum absolute atomic E-state index is 0.0359. The van der Waals surface area contributed by atoms with Gasteiger partial charge >= 0.3 is 17.9 Å². The molecule has 0 rings (SSSR count). The molecule has 0 fully saturated rings. The van der Waals surface area contributed by atoms with Crippen molar-refractivity contribution in [1.29, 1.82) is 0 Å². The summed E-state index contributed by atoms with van der Waals surface area (Å²) >= 11 is 0. The Balaban J connectivity index is 4.47. The van der Waals surface area contributed by atoms with Crippen molar-refractivity contribution in [3.05, 3.63) is 72.9 Å². The second-order valence-electron chi connectivity index (χ2n) is 15.6. The van der Waals surface area contributed by atoms with Crippen LogP contribution in [0.4, 0.5) is 0 Å². The van der Waals surface area contributed by atoms with Crippen molar-refractivity contribution in [1.82, 2.24) is 0 Å². The number of allylic oxidation sites excluding steroid dienone is 12. The molecule has 0 radical (unpaired) electrons. The van der Waals surface area contributed by atoms with Gasteiger partial charge in [0.15, 0.2) is 12.1 Å². The average Bonchev–Trinajstić information content (AvgIpc) is 3.15. The van der Waals surface area contributed by atoms with E-state index in [2.05, 4.69) is 86.8 Å². The van der Waals surface area contributed by atoms with E-state index in [4.69, 9.17) is 14.2 Å². The second-order valence-corrected chi connectivity index (χ2v) is 15.6. The molecule has 320 valence electrons. The smallest absolute Gasteiger partial charge is 0.362 e. The Bertz CT molecular complexity index is 1140. The summed E-state index contributed by atoms with van der Waals surface area (Å²) in [5, 5.41) is 9.61. The van der Waals surface area contributed by atoms with E-state index in [-0.39, 0.29) is 42.7 Å². The molecule has 56 heavy (non-hydrogen) atoms. The molecule has 0 amide bonds. The number of likely N-dealkylation sites (N-methyl/N-ethyl adjacent to an activating group) is 1. The number of carbonyl (C=O) groups is 3. The van der Waals surface area contributed by atoms with E-state index in [1.165, 1.54) is 44.9 Å². The summed E-state index contributed by atoms with van der Waals surface area (Å²) in [4.78, 5) is 37.0. The van der Waals surface area contributed by atoms with Gasteiger partial charge in [-0.25, -0.2) is 4.79 Å². The maximum absolute atomic E-state index is 12.7. The molecule has 0 saturated carbocycles. The van der Waals surface area contributed by atoms with E-state index in [1.54, 1.807) is 0 Å². The van der Waals surface area contributed by atoms with Gasteiger partial charge in [0.05, 0.1) is 34.4 Å².